The van der Waals surface area contributed by atoms with E-state index in [-0.39, 0.29) is 10.6 Å². The van der Waals surface area contributed by atoms with Crippen LogP contribution in [0.4, 0.5) is 17.1 Å². The van der Waals surface area contributed by atoms with Gasteiger partial charge in [0.05, 0.1) is 4.92 Å². The Balaban J connectivity index is 2.36. The van der Waals surface area contributed by atoms with Crippen LogP contribution in [0.15, 0.2) is 46.9 Å². The zero-order valence-corrected chi connectivity index (χ0v) is 12.2. The largest absolute Gasteiger partial charge is 0.344 e. The van der Waals surface area contributed by atoms with Gasteiger partial charge in [-0.2, -0.15) is 0 Å². The molecule has 0 saturated heterocycles. The van der Waals surface area contributed by atoms with Gasteiger partial charge in [0.1, 0.15) is 0 Å². The van der Waals surface area contributed by atoms with Gasteiger partial charge in [0, 0.05) is 35.0 Å². The second kappa shape index (κ2) is 5.40. The number of hydrogen-bond acceptors (Lipinski definition) is 3. The van der Waals surface area contributed by atoms with Crippen LogP contribution < -0.4 is 4.90 Å². The molecular weight excluding hydrogens is 308 g/mol. The van der Waals surface area contributed by atoms with Crippen molar-refractivity contribution in [1.29, 1.82) is 0 Å². The molecular formula is C14H13BrN2O2. The number of halogens is 1. The van der Waals surface area contributed by atoms with Crippen molar-refractivity contribution in [1.82, 2.24) is 0 Å². The van der Waals surface area contributed by atoms with Gasteiger partial charge in [-0.25, -0.2) is 0 Å². The lowest BCUT2D eigenvalue weighted by molar-refractivity contribution is -0.384. The molecule has 98 valence electrons. The molecule has 0 amide bonds. The Morgan fingerprint density at radius 1 is 1.16 bits per heavy atom. The van der Waals surface area contributed by atoms with Gasteiger partial charge >= 0.3 is 0 Å². The first kappa shape index (κ1) is 13.5. The molecule has 2 aromatic rings. The van der Waals surface area contributed by atoms with Crippen LogP contribution in [-0.2, 0) is 0 Å². The molecule has 0 fully saturated rings. The fraction of sp³-hybridized carbons (Fsp3) is 0.143. The average Bonchev–Trinajstić information content (AvgIpc) is 2.38. The maximum Gasteiger partial charge on any atom is 0.269 e. The minimum Gasteiger partial charge on any atom is -0.344 e. The number of aryl methyl sites for hydroxylation is 1. The molecule has 2 aromatic carbocycles. The van der Waals surface area contributed by atoms with E-state index in [2.05, 4.69) is 15.9 Å². The predicted octanol–water partition coefficient (Wildman–Crippen LogP) is 4.43. The molecule has 0 aliphatic carbocycles. The molecule has 0 aliphatic rings. The summed E-state index contributed by atoms with van der Waals surface area (Å²) in [5.74, 6) is 0. The van der Waals surface area contributed by atoms with Crippen molar-refractivity contribution in [3.8, 4) is 0 Å². The lowest BCUT2D eigenvalue weighted by Crippen LogP contribution is -2.10. The molecule has 4 nitrogen and oxygen atoms in total. The number of nitro groups is 1. The summed E-state index contributed by atoms with van der Waals surface area (Å²) in [5.41, 5.74) is 2.97. The van der Waals surface area contributed by atoms with E-state index < -0.39 is 0 Å². The van der Waals surface area contributed by atoms with Gasteiger partial charge in [-0.3, -0.25) is 10.1 Å². The molecule has 2 rings (SSSR count). The van der Waals surface area contributed by atoms with Crippen LogP contribution in [0.3, 0.4) is 0 Å². The fourth-order valence-corrected chi connectivity index (χ4v) is 2.20. The third kappa shape index (κ3) is 2.93. The fourth-order valence-electron chi connectivity index (χ4n) is 1.93. The van der Waals surface area contributed by atoms with E-state index in [4.69, 9.17) is 0 Å². The molecule has 0 aromatic heterocycles. The van der Waals surface area contributed by atoms with Crippen molar-refractivity contribution in [3.63, 3.8) is 0 Å². The highest BCUT2D eigenvalue weighted by atomic mass is 79.9. The van der Waals surface area contributed by atoms with E-state index in [9.17, 15) is 10.1 Å². The Morgan fingerprint density at radius 2 is 1.79 bits per heavy atom. The third-order valence-electron chi connectivity index (χ3n) is 2.97. The molecule has 5 heteroatoms. The van der Waals surface area contributed by atoms with Crippen LogP contribution in [0.2, 0.25) is 0 Å². The normalized spacial score (nSPS) is 10.3. The zero-order chi connectivity index (χ0) is 14.0. The lowest BCUT2D eigenvalue weighted by Gasteiger charge is -2.21. The topological polar surface area (TPSA) is 46.4 Å². The minimum absolute atomic E-state index is 0.116. The number of rotatable bonds is 3. The summed E-state index contributed by atoms with van der Waals surface area (Å²) >= 11 is 3.40. The summed E-state index contributed by atoms with van der Waals surface area (Å²) in [7, 11) is 1.94. The van der Waals surface area contributed by atoms with Crippen LogP contribution >= 0.6 is 15.9 Å². The Labute approximate surface area is 119 Å². The van der Waals surface area contributed by atoms with E-state index in [1.54, 1.807) is 12.1 Å². The van der Waals surface area contributed by atoms with E-state index in [0.29, 0.717) is 0 Å². The summed E-state index contributed by atoms with van der Waals surface area (Å²) in [6, 6.07) is 12.8. The molecule has 0 unspecified atom stereocenters. The lowest BCUT2D eigenvalue weighted by atomic mass is 10.1. The maximum absolute atomic E-state index is 10.7. The summed E-state index contributed by atoms with van der Waals surface area (Å²) < 4.78 is 1.02. The first-order chi connectivity index (χ1) is 8.99. The van der Waals surface area contributed by atoms with Gasteiger partial charge < -0.3 is 4.90 Å². The number of nitrogens with zero attached hydrogens (tertiary/aromatic N) is 2. The molecule has 0 aliphatic heterocycles. The molecule has 0 radical (unpaired) electrons. The summed E-state index contributed by atoms with van der Waals surface area (Å²) in [6.07, 6.45) is 0. The first-order valence-corrected chi connectivity index (χ1v) is 6.52. The number of nitro benzene ring substituents is 1. The summed E-state index contributed by atoms with van der Waals surface area (Å²) in [5, 5.41) is 10.7. The van der Waals surface area contributed by atoms with Crippen molar-refractivity contribution >= 4 is 33.0 Å². The van der Waals surface area contributed by atoms with E-state index >= 15 is 0 Å². The second-order valence-electron chi connectivity index (χ2n) is 4.26. The molecule has 0 saturated carbocycles. The number of hydrogen-bond donors (Lipinski definition) is 0. The van der Waals surface area contributed by atoms with Gasteiger partial charge in [0.15, 0.2) is 0 Å². The summed E-state index contributed by atoms with van der Waals surface area (Å²) in [6.45, 7) is 1.87. The highest BCUT2D eigenvalue weighted by Gasteiger charge is 2.11. The van der Waals surface area contributed by atoms with E-state index in [1.807, 2.05) is 43.1 Å². The zero-order valence-electron chi connectivity index (χ0n) is 10.6. The van der Waals surface area contributed by atoms with Crippen LogP contribution in [0, 0.1) is 17.0 Å². The Kier molecular flexibility index (Phi) is 3.85. The van der Waals surface area contributed by atoms with Crippen LogP contribution in [-0.4, -0.2) is 12.0 Å². The molecule has 19 heavy (non-hydrogen) atoms. The highest BCUT2D eigenvalue weighted by Crippen LogP contribution is 2.29. The number of benzene rings is 2. The van der Waals surface area contributed by atoms with Crippen LogP contribution in [0.25, 0.3) is 0 Å². The molecule has 0 atom stereocenters. The van der Waals surface area contributed by atoms with Gasteiger partial charge in [-0.1, -0.05) is 15.9 Å². The first-order valence-electron chi connectivity index (χ1n) is 5.73. The van der Waals surface area contributed by atoms with Gasteiger partial charge in [-0.15, -0.1) is 0 Å². The van der Waals surface area contributed by atoms with E-state index in [1.165, 1.54) is 6.07 Å². The Hall–Kier alpha value is -1.88. The van der Waals surface area contributed by atoms with E-state index in [0.717, 1.165) is 21.4 Å². The van der Waals surface area contributed by atoms with Gasteiger partial charge in [0.25, 0.3) is 5.69 Å². The smallest absolute Gasteiger partial charge is 0.269 e. The van der Waals surface area contributed by atoms with Crippen LogP contribution in [0.5, 0.6) is 0 Å². The average molecular weight is 321 g/mol. The van der Waals surface area contributed by atoms with Crippen molar-refractivity contribution in [2.45, 2.75) is 6.92 Å². The third-order valence-corrected chi connectivity index (χ3v) is 3.50. The Bertz CT molecular complexity index is 611. The highest BCUT2D eigenvalue weighted by molar-refractivity contribution is 9.10. The van der Waals surface area contributed by atoms with Crippen molar-refractivity contribution < 1.29 is 4.92 Å². The monoisotopic (exact) mass is 320 g/mol. The van der Waals surface area contributed by atoms with Gasteiger partial charge in [0.2, 0.25) is 0 Å². The molecule has 0 bridgehead atoms. The predicted molar refractivity (Wildman–Crippen MR) is 80.0 cm³/mol. The summed E-state index contributed by atoms with van der Waals surface area (Å²) in [4.78, 5) is 12.4. The SMILES string of the molecule is Cc1cc([N+](=O)[O-])ccc1N(C)c1ccc(Br)cc1. The van der Waals surface area contributed by atoms with Gasteiger partial charge in [-0.05, 0) is 42.8 Å². The maximum atomic E-state index is 10.7. The Morgan fingerprint density at radius 3 is 2.32 bits per heavy atom. The molecule has 0 heterocycles. The molecule has 0 N–H and O–H groups in total. The number of non-ortho nitro benzene ring substituents is 1. The van der Waals surface area contributed by atoms with Crippen molar-refractivity contribution in [2.75, 3.05) is 11.9 Å². The molecule has 0 spiro atoms. The number of anilines is 2. The standard InChI is InChI=1S/C14H13BrN2O2/c1-10-9-13(17(18)19)7-8-14(10)16(2)12-5-3-11(15)4-6-12/h3-9H,1-2H3. The van der Waals surface area contributed by atoms with Crippen molar-refractivity contribution in [2.24, 2.45) is 0 Å². The quantitative estimate of drug-likeness (QED) is 0.620. The minimum atomic E-state index is -0.379. The van der Waals surface area contributed by atoms with Crippen molar-refractivity contribution in [3.05, 3.63) is 62.6 Å². The second-order valence-corrected chi connectivity index (χ2v) is 5.18. The van der Waals surface area contributed by atoms with Crippen LogP contribution in [0.1, 0.15) is 5.56 Å².